The number of hydrogen-bond acceptors (Lipinski definition) is 5. The fraction of sp³-hybridized carbons (Fsp3) is 0.273. The third kappa shape index (κ3) is 5.91. The first-order valence-electron chi connectivity index (χ1n) is 9.56. The van der Waals surface area contributed by atoms with Gasteiger partial charge in [-0.05, 0) is 29.8 Å². The molecule has 2 aromatic carbocycles. The molecule has 0 saturated carbocycles. The van der Waals surface area contributed by atoms with Gasteiger partial charge in [-0.2, -0.15) is 0 Å². The Labute approximate surface area is 174 Å². The summed E-state index contributed by atoms with van der Waals surface area (Å²) < 4.78 is 5.10. The van der Waals surface area contributed by atoms with Crippen LogP contribution in [0.15, 0.2) is 54.6 Å². The van der Waals surface area contributed by atoms with Gasteiger partial charge in [0.1, 0.15) is 0 Å². The zero-order chi connectivity index (χ0) is 21.5. The Morgan fingerprint density at radius 2 is 1.63 bits per heavy atom. The predicted octanol–water partition coefficient (Wildman–Crippen LogP) is 2.18. The molecule has 0 spiro atoms. The molecule has 1 aliphatic rings. The first-order chi connectivity index (χ1) is 14.4. The summed E-state index contributed by atoms with van der Waals surface area (Å²) in [5.74, 6) is -1.92. The highest BCUT2D eigenvalue weighted by Gasteiger charge is 2.35. The Hall–Kier alpha value is -3.68. The molecule has 3 rings (SSSR count). The smallest absolute Gasteiger partial charge is 0.311 e. The summed E-state index contributed by atoms with van der Waals surface area (Å²) in [5.41, 5.74) is 2.11. The number of carbonyl (C=O) groups excluding carboxylic acids is 4. The first-order valence-corrected chi connectivity index (χ1v) is 9.56. The molecule has 2 aromatic rings. The summed E-state index contributed by atoms with van der Waals surface area (Å²) in [6.45, 7) is 1.69. The van der Waals surface area contributed by atoms with Crippen LogP contribution in [0.3, 0.4) is 0 Å². The van der Waals surface area contributed by atoms with E-state index < -0.39 is 24.4 Å². The number of amides is 3. The fourth-order valence-corrected chi connectivity index (χ4v) is 3.18. The molecular weight excluding hydrogens is 386 g/mol. The SMILES string of the molecule is CC(=O)Nc1ccc(NC(=O)COC(=O)[C@@H]2CC(=O)N(Cc3ccccc3)C2)cc1. The minimum absolute atomic E-state index is 0.0812. The van der Waals surface area contributed by atoms with E-state index in [0.717, 1.165) is 5.56 Å². The molecule has 0 aromatic heterocycles. The average molecular weight is 409 g/mol. The van der Waals surface area contributed by atoms with Crippen LogP contribution in [-0.4, -0.2) is 41.7 Å². The van der Waals surface area contributed by atoms with Crippen LogP contribution >= 0.6 is 0 Å². The lowest BCUT2D eigenvalue weighted by atomic mass is 10.1. The first kappa shape index (κ1) is 21.0. The monoisotopic (exact) mass is 409 g/mol. The van der Waals surface area contributed by atoms with Gasteiger partial charge in [-0.3, -0.25) is 19.2 Å². The van der Waals surface area contributed by atoms with Gasteiger partial charge in [0, 0.05) is 37.8 Å². The van der Waals surface area contributed by atoms with Crippen LogP contribution in [-0.2, 0) is 30.5 Å². The lowest BCUT2D eigenvalue weighted by molar-refractivity contribution is -0.151. The number of nitrogens with one attached hydrogen (secondary N) is 2. The highest BCUT2D eigenvalue weighted by atomic mass is 16.5. The molecule has 8 nitrogen and oxygen atoms in total. The van der Waals surface area contributed by atoms with Crippen LogP contribution in [0.5, 0.6) is 0 Å². The van der Waals surface area contributed by atoms with E-state index in [1.807, 2.05) is 30.3 Å². The van der Waals surface area contributed by atoms with Crippen LogP contribution in [0.1, 0.15) is 18.9 Å². The fourth-order valence-electron chi connectivity index (χ4n) is 3.18. The minimum atomic E-state index is -0.578. The van der Waals surface area contributed by atoms with Gasteiger partial charge in [0.25, 0.3) is 5.91 Å². The zero-order valence-electron chi connectivity index (χ0n) is 16.6. The van der Waals surface area contributed by atoms with Crippen molar-refractivity contribution in [3.63, 3.8) is 0 Å². The number of carbonyl (C=O) groups is 4. The second-order valence-electron chi connectivity index (χ2n) is 7.08. The molecule has 0 aliphatic carbocycles. The summed E-state index contributed by atoms with van der Waals surface area (Å²) in [7, 11) is 0. The third-order valence-corrected chi connectivity index (χ3v) is 4.60. The maximum Gasteiger partial charge on any atom is 0.311 e. The van der Waals surface area contributed by atoms with Crippen molar-refractivity contribution in [2.24, 2.45) is 5.92 Å². The van der Waals surface area contributed by atoms with Crippen LogP contribution < -0.4 is 10.6 Å². The maximum absolute atomic E-state index is 12.3. The van der Waals surface area contributed by atoms with Gasteiger partial charge >= 0.3 is 5.97 Å². The number of hydrogen-bond donors (Lipinski definition) is 2. The van der Waals surface area contributed by atoms with Crippen molar-refractivity contribution < 1.29 is 23.9 Å². The summed E-state index contributed by atoms with van der Waals surface area (Å²) in [6.07, 6.45) is 0.0812. The lowest BCUT2D eigenvalue weighted by Crippen LogP contribution is -2.28. The standard InChI is InChI=1S/C22H23N3O5/c1-15(26)23-18-7-9-19(10-8-18)24-20(27)14-30-22(29)17-11-21(28)25(13-17)12-16-5-3-2-4-6-16/h2-10,17H,11-14H2,1H3,(H,23,26)(H,24,27)/t17-/m1/s1. The minimum Gasteiger partial charge on any atom is -0.455 e. The molecule has 3 amide bonds. The van der Waals surface area contributed by atoms with Gasteiger partial charge in [-0.15, -0.1) is 0 Å². The molecule has 1 saturated heterocycles. The van der Waals surface area contributed by atoms with Crippen LogP contribution in [0.4, 0.5) is 11.4 Å². The zero-order valence-corrected chi connectivity index (χ0v) is 16.6. The molecular formula is C22H23N3O5. The summed E-state index contributed by atoms with van der Waals surface area (Å²) in [6, 6.07) is 16.1. The van der Waals surface area contributed by atoms with Gasteiger partial charge < -0.3 is 20.3 Å². The van der Waals surface area contributed by atoms with Gasteiger partial charge in [-0.1, -0.05) is 30.3 Å². The Morgan fingerprint density at radius 1 is 1.00 bits per heavy atom. The number of ether oxygens (including phenoxy) is 1. The van der Waals surface area contributed by atoms with E-state index in [4.69, 9.17) is 4.74 Å². The quantitative estimate of drug-likeness (QED) is 0.682. The van der Waals surface area contributed by atoms with Crippen molar-refractivity contribution in [2.45, 2.75) is 19.9 Å². The van der Waals surface area contributed by atoms with Crippen LogP contribution in [0, 0.1) is 5.92 Å². The number of rotatable bonds is 7. The van der Waals surface area contributed by atoms with Gasteiger partial charge in [0.2, 0.25) is 11.8 Å². The molecule has 1 aliphatic heterocycles. The second kappa shape index (κ2) is 9.69. The van der Waals surface area contributed by atoms with Crippen molar-refractivity contribution in [1.82, 2.24) is 4.90 Å². The molecule has 0 radical (unpaired) electrons. The molecule has 8 heteroatoms. The largest absolute Gasteiger partial charge is 0.455 e. The Balaban J connectivity index is 1.44. The number of likely N-dealkylation sites (tertiary alicyclic amines) is 1. The third-order valence-electron chi connectivity index (χ3n) is 4.60. The number of esters is 1. The molecule has 156 valence electrons. The van der Waals surface area contributed by atoms with Gasteiger partial charge in [0.05, 0.1) is 5.92 Å². The average Bonchev–Trinajstić information content (AvgIpc) is 3.08. The molecule has 2 N–H and O–H groups in total. The van der Waals surface area contributed by atoms with E-state index >= 15 is 0 Å². The maximum atomic E-state index is 12.3. The number of nitrogens with zero attached hydrogens (tertiary/aromatic N) is 1. The normalized spacial score (nSPS) is 15.6. The predicted molar refractivity (Wildman–Crippen MR) is 110 cm³/mol. The molecule has 1 atom stereocenters. The number of benzene rings is 2. The highest BCUT2D eigenvalue weighted by Crippen LogP contribution is 2.21. The van der Waals surface area contributed by atoms with Crippen molar-refractivity contribution in [1.29, 1.82) is 0 Å². The number of anilines is 2. The Bertz CT molecular complexity index is 928. The van der Waals surface area contributed by atoms with Crippen LogP contribution in [0.2, 0.25) is 0 Å². The lowest BCUT2D eigenvalue weighted by Gasteiger charge is -2.16. The Kier molecular flexibility index (Phi) is 6.79. The summed E-state index contributed by atoms with van der Waals surface area (Å²) >= 11 is 0. The van der Waals surface area contributed by atoms with E-state index in [0.29, 0.717) is 17.9 Å². The topological polar surface area (TPSA) is 105 Å². The van der Waals surface area contributed by atoms with E-state index in [1.54, 1.807) is 29.2 Å². The van der Waals surface area contributed by atoms with Gasteiger partial charge in [0.15, 0.2) is 6.61 Å². The summed E-state index contributed by atoms with van der Waals surface area (Å²) in [4.78, 5) is 49.1. The van der Waals surface area contributed by atoms with Crippen molar-refractivity contribution >= 4 is 35.1 Å². The molecule has 0 bridgehead atoms. The summed E-state index contributed by atoms with van der Waals surface area (Å²) in [5, 5.41) is 5.24. The molecule has 1 heterocycles. The van der Waals surface area contributed by atoms with E-state index in [2.05, 4.69) is 10.6 Å². The highest BCUT2D eigenvalue weighted by molar-refractivity contribution is 5.94. The Morgan fingerprint density at radius 3 is 2.27 bits per heavy atom. The second-order valence-corrected chi connectivity index (χ2v) is 7.08. The van der Waals surface area contributed by atoms with Crippen molar-refractivity contribution in [3.8, 4) is 0 Å². The van der Waals surface area contributed by atoms with E-state index in [9.17, 15) is 19.2 Å². The molecule has 0 unspecified atom stereocenters. The van der Waals surface area contributed by atoms with Gasteiger partial charge in [-0.25, -0.2) is 0 Å². The molecule has 30 heavy (non-hydrogen) atoms. The molecule has 1 fully saturated rings. The van der Waals surface area contributed by atoms with Crippen molar-refractivity contribution in [2.75, 3.05) is 23.8 Å². The van der Waals surface area contributed by atoms with E-state index in [-0.39, 0.29) is 24.8 Å². The van der Waals surface area contributed by atoms with Crippen LogP contribution in [0.25, 0.3) is 0 Å². The van der Waals surface area contributed by atoms with E-state index in [1.165, 1.54) is 6.92 Å². The van der Waals surface area contributed by atoms with Crippen molar-refractivity contribution in [3.05, 3.63) is 60.2 Å².